The van der Waals surface area contributed by atoms with E-state index in [0.717, 1.165) is 31.5 Å². The van der Waals surface area contributed by atoms with Crippen LogP contribution in [0, 0.1) is 0 Å². The van der Waals surface area contributed by atoms with Crippen molar-refractivity contribution >= 4 is 32.2 Å². The first-order chi connectivity index (χ1) is 11.3. The van der Waals surface area contributed by atoms with Gasteiger partial charge in [0.05, 0.1) is 10.6 Å². The van der Waals surface area contributed by atoms with E-state index in [-0.39, 0.29) is 4.90 Å². The summed E-state index contributed by atoms with van der Waals surface area (Å²) in [6, 6.07) is 6.16. The molecule has 24 heavy (non-hydrogen) atoms. The molecule has 1 aliphatic rings. The SMILES string of the molecule is CN(C)C[C@@H]1CCCc2sc(NS(=O)(=O)c3ccc(N)cc3)nc21. The Hall–Kier alpha value is -1.64. The number of thiazole rings is 1. The van der Waals surface area contributed by atoms with Gasteiger partial charge in [0.15, 0.2) is 5.13 Å². The van der Waals surface area contributed by atoms with Crippen LogP contribution in [-0.2, 0) is 16.4 Å². The summed E-state index contributed by atoms with van der Waals surface area (Å²) in [5.74, 6) is 0.370. The van der Waals surface area contributed by atoms with Crippen LogP contribution >= 0.6 is 11.3 Å². The molecular weight excluding hydrogens is 344 g/mol. The summed E-state index contributed by atoms with van der Waals surface area (Å²) in [4.78, 5) is 8.13. The van der Waals surface area contributed by atoms with Gasteiger partial charge in [-0.05, 0) is 57.6 Å². The van der Waals surface area contributed by atoms with Crippen molar-refractivity contribution in [1.29, 1.82) is 0 Å². The number of nitrogens with two attached hydrogens (primary N) is 1. The molecule has 0 bridgehead atoms. The van der Waals surface area contributed by atoms with E-state index in [1.807, 2.05) is 14.1 Å². The number of nitrogens with zero attached hydrogens (tertiary/aromatic N) is 2. The number of aromatic nitrogens is 1. The molecule has 0 aliphatic heterocycles. The first kappa shape index (κ1) is 17.2. The van der Waals surface area contributed by atoms with Gasteiger partial charge in [-0.25, -0.2) is 13.4 Å². The van der Waals surface area contributed by atoms with Crippen molar-refractivity contribution in [2.75, 3.05) is 31.1 Å². The second-order valence-corrected chi connectivity index (χ2v) is 9.12. The molecule has 0 unspecified atom stereocenters. The van der Waals surface area contributed by atoms with Crippen molar-refractivity contribution in [3.63, 3.8) is 0 Å². The van der Waals surface area contributed by atoms with Crippen LogP contribution in [-0.4, -0.2) is 38.9 Å². The van der Waals surface area contributed by atoms with Crippen LogP contribution in [0.2, 0.25) is 0 Å². The van der Waals surface area contributed by atoms with Crippen LogP contribution in [0.1, 0.15) is 29.3 Å². The van der Waals surface area contributed by atoms with Crippen molar-refractivity contribution < 1.29 is 8.42 Å². The molecule has 0 spiro atoms. The van der Waals surface area contributed by atoms with E-state index in [1.54, 1.807) is 12.1 Å². The highest BCUT2D eigenvalue weighted by atomic mass is 32.2. The van der Waals surface area contributed by atoms with Gasteiger partial charge in [0, 0.05) is 23.0 Å². The molecule has 1 aromatic heterocycles. The summed E-state index contributed by atoms with van der Waals surface area (Å²) in [5.41, 5.74) is 7.20. The summed E-state index contributed by atoms with van der Waals surface area (Å²) < 4.78 is 27.6. The quantitative estimate of drug-likeness (QED) is 0.794. The van der Waals surface area contributed by atoms with Crippen LogP contribution in [0.4, 0.5) is 10.8 Å². The third-order valence-corrected chi connectivity index (χ3v) is 6.60. The van der Waals surface area contributed by atoms with E-state index < -0.39 is 10.0 Å². The molecule has 1 atom stereocenters. The predicted octanol–water partition coefficient (Wildman–Crippen LogP) is 2.51. The molecule has 0 saturated heterocycles. The Kier molecular flexibility index (Phi) is 4.80. The second-order valence-electron chi connectivity index (χ2n) is 6.35. The molecule has 8 heteroatoms. The minimum absolute atomic E-state index is 0.190. The van der Waals surface area contributed by atoms with Crippen LogP contribution in [0.3, 0.4) is 0 Å². The molecule has 0 radical (unpaired) electrons. The van der Waals surface area contributed by atoms with E-state index in [9.17, 15) is 8.42 Å². The minimum atomic E-state index is -3.64. The lowest BCUT2D eigenvalue weighted by atomic mass is 9.91. The van der Waals surface area contributed by atoms with Crippen LogP contribution in [0.25, 0.3) is 0 Å². The second kappa shape index (κ2) is 6.70. The maximum absolute atomic E-state index is 12.5. The number of sulfonamides is 1. The van der Waals surface area contributed by atoms with Gasteiger partial charge in [0.1, 0.15) is 0 Å². The lowest BCUT2D eigenvalue weighted by Crippen LogP contribution is -2.23. The highest BCUT2D eigenvalue weighted by Gasteiger charge is 2.26. The molecular formula is C16H22N4O2S2. The van der Waals surface area contributed by atoms with Crippen molar-refractivity contribution in [2.45, 2.75) is 30.1 Å². The average molecular weight is 367 g/mol. The number of likely N-dealkylation sites (N-methyl/N-ethyl adjacent to an activating group) is 1. The maximum atomic E-state index is 12.5. The third kappa shape index (κ3) is 3.71. The fraction of sp³-hybridized carbons (Fsp3) is 0.438. The number of fused-ring (bicyclic) bond motifs is 1. The Morgan fingerprint density at radius 2 is 2.04 bits per heavy atom. The van der Waals surface area contributed by atoms with Crippen molar-refractivity contribution in [1.82, 2.24) is 9.88 Å². The molecule has 0 saturated carbocycles. The molecule has 1 aliphatic carbocycles. The van der Waals surface area contributed by atoms with E-state index in [1.165, 1.54) is 28.3 Å². The smallest absolute Gasteiger partial charge is 0.263 e. The topological polar surface area (TPSA) is 88.3 Å². The summed E-state index contributed by atoms with van der Waals surface area (Å²) >= 11 is 1.45. The van der Waals surface area contributed by atoms with Crippen LogP contribution in [0.5, 0.6) is 0 Å². The maximum Gasteiger partial charge on any atom is 0.263 e. The third-order valence-electron chi connectivity index (χ3n) is 4.07. The number of rotatable bonds is 5. The van der Waals surface area contributed by atoms with E-state index in [2.05, 4.69) is 14.6 Å². The first-order valence-corrected chi connectivity index (χ1v) is 10.2. The zero-order valence-corrected chi connectivity index (χ0v) is 15.5. The van der Waals surface area contributed by atoms with Crippen molar-refractivity contribution in [3.8, 4) is 0 Å². The number of benzene rings is 1. The molecule has 0 amide bonds. The number of hydrogen-bond acceptors (Lipinski definition) is 6. The lowest BCUT2D eigenvalue weighted by Gasteiger charge is -2.23. The first-order valence-electron chi connectivity index (χ1n) is 7.88. The number of aryl methyl sites for hydroxylation is 1. The van der Waals surface area contributed by atoms with Crippen LogP contribution in [0.15, 0.2) is 29.2 Å². The predicted molar refractivity (Wildman–Crippen MR) is 98.0 cm³/mol. The van der Waals surface area contributed by atoms with Gasteiger partial charge < -0.3 is 10.6 Å². The number of nitrogens with one attached hydrogen (secondary N) is 1. The Morgan fingerprint density at radius 3 is 2.71 bits per heavy atom. The Bertz CT molecular complexity index is 813. The van der Waals surface area contributed by atoms with Crippen molar-refractivity contribution in [3.05, 3.63) is 34.8 Å². The van der Waals surface area contributed by atoms with Gasteiger partial charge in [-0.15, -0.1) is 11.3 Å². The lowest BCUT2D eigenvalue weighted by molar-refractivity contribution is 0.350. The zero-order chi connectivity index (χ0) is 17.3. The molecule has 3 rings (SSSR count). The molecule has 1 heterocycles. The highest BCUT2D eigenvalue weighted by molar-refractivity contribution is 7.93. The number of anilines is 2. The Morgan fingerprint density at radius 1 is 1.33 bits per heavy atom. The van der Waals surface area contributed by atoms with Crippen molar-refractivity contribution in [2.24, 2.45) is 0 Å². The minimum Gasteiger partial charge on any atom is -0.399 e. The average Bonchev–Trinajstić information content (AvgIpc) is 2.90. The van der Waals surface area contributed by atoms with Gasteiger partial charge in [-0.1, -0.05) is 0 Å². The fourth-order valence-corrected chi connectivity index (χ4v) is 5.31. The summed E-state index contributed by atoms with van der Waals surface area (Å²) in [6.45, 7) is 0.931. The van der Waals surface area contributed by atoms with Gasteiger partial charge in [-0.2, -0.15) is 0 Å². The van der Waals surface area contributed by atoms with Gasteiger partial charge >= 0.3 is 0 Å². The molecule has 6 nitrogen and oxygen atoms in total. The molecule has 130 valence electrons. The number of nitrogen functional groups attached to an aromatic ring is 1. The van der Waals surface area contributed by atoms with E-state index in [0.29, 0.717) is 16.7 Å². The van der Waals surface area contributed by atoms with E-state index >= 15 is 0 Å². The number of hydrogen-bond donors (Lipinski definition) is 2. The standard InChI is InChI=1S/C16H22N4O2S2/c1-20(2)10-11-4-3-5-14-15(11)18-16(23-14)19-24(21,22)13-8-6-12(17)7-9-13/h6-9,11H,3-5,10,17H2,1-2H3,(H,18,19)/t11-/m0/s1. The van der Waals surface area contributed by atoms with Crippen LogP contribution < -0.4 is 10.5 Å². The highest BCUT2D eigenvalue weighted by Crippen LogP contribution is 2.37. The monoisotopic (exact) mass is 366 g/mol. The van der Waals surface area contributed by atoms with Gasteiger partial charge in [0.2, 0.25) is 0 Å². The fourth-order valence-electron chi connectivity index (χ4n) is 2.99. The largest absolute Gasteiger partial charge is 0.399 e. The summed E-state index contributed by atoms with van der Waals surface area (Å²) in [5, 5.41) is 0.447. The van der Waals surface area contributed by atoms with Gasteiger partial charge in [-0.3, -0.25) is 4.72 Å². The normalized spacial score (nSPS) is 17.7. The summed E-state index contributed by atoms with van der Waals surface area (Å²) in [6.07, 6.45) is 3.19. The Balaban J connectivity index is 1.84. The molecule has 1 aromatic carbocycles. The molecule has 3 N–H and O–H groups in total. The summed E-state index contributed by atoms with van der Waals surface area (Å²) in [7, 11) is 0.456. The van der Waals surface area contributed by atoms with E-state index in [4.69, 9.17) is 5.73 Å². The zero-order valence-electron chi connectivity index (χ0n) is 13.8. The van der Waals surface area contributed by atoms with Gasteiger partial charge in [0.25, 0.3) is 10.0 Å². The molecule has 0 fully saturated rings. The molecule has 2 aromatic rings. The Labute approximate surface area is 146 Å².